The average Bonchev–Trinajstić information content (AvgIpc) is 2.89. The first-order valence-corrected chi connectivity index (χ1v) is 7.68. The summed E-state index contributed by atoms with van der Waals surface area (Å²) in [5, 5.41) is 10.7. The molecule has 1 aromatic heterocycles. The summed E-state index contributed by atoms with van der Waals surface area (Å²) in [6.45, 7) is 0. The summed E-state index contributed by atoms with van der Waals surface area (Å²) >= 11 is 8.36. The lowest BCUT2D eigenvalue weighted by molar-refractivity contribution is 0.624. The molecule has 0 radical (unpaired) electrons. The lowest BCUT2D eigenvalue weighted by atomic mass is 10.2. The first-order chi connectivity index (χ1) is 11.1. The third-order valence-electron chi connectivity index (χ3n) is 3.04. The summed E-state index contributed by atoms with van der Waals surface area (Å²) in [5.74, 6) is -0.675. The van der Waals surface area contributed by atoms with E-state index in [0.717, 1.165) is 0 Å². The Labute approximate surface area is 143 Å². The van der Waals surface area contributed by atoms with Gasteiger partial charge in [-0.3, -0.25) is 0 Å². The molecule has 3 rings (SSSR count). The predicted octanol–water partition coefficient (Wildman–Crippen LogP) is 4.53. The van der Waals surface area contributed by atoms with Gasteiger partial charge in [-0.25, -0.2) is 13.9 Å². The molecule has 0 atom stereocenters. The maximum absolute atomic E-state index is 13.9. The fourth-order valence-electron chi connectivity index (χ4n) is 1.95. The first-order valence-electron chi connectivity index (χ1n) is 6.48. The number of aromatic amines is 1. The van der Waals surface area contributed by atoms with Crippen molar-refractivity contribution in [1.82, 2.24) is 14.9 Å². The second-order valence-corrected chi connectivity index (χ2v) is 5.86. The standard InChI is InChI=1S/C15H9BrF2N4S/c16-10-5-6-12(17)9(7-10)8-19-22-14(20-21-15(22)23)11-3-1-2-4-13(11)18/h1-8H,(H,21,23). The van der Waals surface area contributed by atoms with Gasteiger partial charge in [-0.2, -0.15) is 14.9 Å². The van der Waals surface area contributed by atoms with Gasteiger partial charge in [0.2, 0.25) is 4.77 Å². The molecule has 23 heavy (non-hydrogen) atoms. The Bertz CT molecular complexity index is 949. The van der Waals surface area contributed by atoms with Gasteiger partial charge in [0.05, 0.1) is 11.8 Å². The Hall–Kier alpha value is -2.19. The van der Waals surface area contributed by atoms with Crippen molar-refractivity contribution in [3.63, 3.8) is 0 Å². The lowest BCUT2D eigenvalue weighted by Crippen LogP contribution is -1.97. The molecule has 1 N–H and O–H groups in total. The van der Waals surface area contributed by atoms with Crippen LogP contribution >= 0.6 is 28.1 Å². The second kappa shape index (κ2) is 6.51. The summed E-state index contributed by atoms with van der Waals surface area (Å²) in [4.78, 5) is 0. The van der Waals surface area contributed by atoms with E-state index >= 15 is 0 Å². The van der Waals surface area contributed by atoms with Crippen LogP contribution < -0.4 is 0 Å². The number of nitrogens with one attached hydrogen (secondary N) is 1. The van der Waals surface area contributed by atoms with Crippen LogP contribution in [-0.4, -0.2) is 21.1 Å². The SMILES string of the molecule is Fc1ccc(Br)cc1C=Nn1c(-c2ccccc2F)n[nH]c1=S. The number of rotatable bonds is 3. The van der Waals surface area contributed by atoms with Gasteiger partial charge in [-0.05, 0) is 42.5 Å². The number of aromatic nitrogens is 3. The lowest BCUT2D eigenvalue weighted by Gasteiger charge is -2.02. The molecule has 0 saturated carbocycles. The van der Waals surface area contributed by atoms with Gasteiger partial charge in [-0.15, -0.1) is 0 Å². The maximum atomic E-state index is 13.9. The Morgan fingerprint density at radius 2 is 1.96 bits per heavy atom. The highest BCUT2D eigenvalue weighted by Crippen LogP contribution is 2.21. The first kappa shape index (κ1) is 15.7. The Morgan fingerprint density at radius 3 is 2.74 bits per heavy atom. The smallest absolute Gasteiger partial charge is 0.216 e. The van der Waals surface area contributed by atoms with E-state index in [2.05, 4.69) is 31.2 Å². The molecule has 0 fully saturated rings. The minimum Gasteiger partial charge on any atom is -0.250 e. The van der Waals surface area contributed by atoms with Crippen LogP contribution in [-0.2, 0) is 0 Å². The summed E-state index contributed by atoms with van der Waals surface area (Å²) < 4.78 is 29.8. The van der Waals surface area contributed by atoms with E-state index in [4.69, 9.17) is 12.2 Å². The Kier molecular flexibility index (Phi) is 4.44. The topological polar surface area (TPSA) is 46.0 Å². The van der Waals surface area contributed by atoms with E-state index in [1.807, 2.05) is 0 Å². The molecule has 0 unspecified atom stereocenters. The summed E-state index contributed by atoms with van der Waals surface area (Å²) in [6, 6.07) is 10.6. The fourth-order valence-corrected chi connectivity index (χ4v) is 2.51. The molecule has 1 heterocycles. The molecular weight excluding hydrogens is 386 g/mol. The third kappa shape index (κ3) is 3.27. The largest absolute Gasteiger partial charge is 0.250 e. The summed E-state index contributed by atoms with van der Waals surface area (Å²) in [7, 11) is 0. The zero-order valence-corrected chi connectivity index (χ0v) is 13.9. The predicted molar refractivity (Wildman–Crippen MR) is 89.9 cm³/mol. The van der Waals surface area contributed by atoms with Crippen LogP contribution in [0.25, 0.3) is 11.4 Å². The van der Waals surface area contributed by atoms with Crippen molar-refractivity contribution in [3.05, 3.63) is 68.9 Å². The zero-order chi connectivity index (χ0) is 16.4. The molecule has 0 aliphatic heterocycles. The molecule has 0 spiro atoms. The second-order valence-electron chi connectivity index (χ2n) is 4.55. The van der Waals surface area contributed by atoms with Crippen molar-refractivity contribution in [1.29, 1.82) is 0 Å². The van der Waals surface area contributed by atoms with Crippen LogP contribution in [0.1, 0.15) is 5.56 Å². The molecule has 8 heteroatoms. The number of hydrogen-bond donors (Lipinski definition) is 1. The molecule has 0 aliphatic carbocycles. The summed E-state index contributed by atoms with van der Waals surface area (Å²) in [6.07, 6.45) is 1.30. The number of H-pyrrole nitrogens is 1. The molecule has 0 bridgehead atoms. The molecule has 0 aliphatic rings. The van der Waals surface area contributed by atoms with Crippen LogP contribution in [0.4, 0.5) is 8.78 Å². The van der Waals surface area contributed by atoms with E-state index < -0.39 is 11.6 Å². The van der Waals surface area contributed by atoms with Gasteiger partial charge in [0.25, 0.3) is 0 Å². The van der Waals surface area contributed by atoms with Gasteiger partial charge in [0.15, 0.2) is 5.82 Å². The van der Waals surface area contributed by atoms with Gasteiger partial charge in [0, 0.05) is 10.0 Å². The Morgan fingerprint density at radius 1 is 1.17 bits per heavy atom. The minimum atomic E-state index is -0.452. The Balaban J connectivity index is 2.06. The molecule has 2 aromatic carbocycles. The highest BCUT2D eigenvalue weighted by Gasteiger charge is 2.12. The van der Waals surface area contributed by atoms with Crippen molar-refractivity contribution in [3.8, 4) is 11.4 Å². The van der Waals surface area contributed by atoms with Crippen molar-refractivity contribution in [2.24, 2.45) is 5.10 Å². The molecule has 0 saturated heterocycles. The molecule has 4 nitrogen and oxygen atoms in total. The third-order valence-corrected chi connectivity index (χ3v) is 3.79. The van der Waals surface area contributed by atoms with Crippen LogP contribution in [0.15, 0.2) is 52.0 Å². The van der Waals surface area contributed by atoms with E-state index in [-0.39, 0.29) is 21.7 Å². The maximum Gasteiger partial charge on any atom is 0.216 e. The molecule has 0 amide bonds. The average molecular weight is 395 g/mol. The van der Waals surface area contributed by atoms with E-state index in [0.29, 0.717) is 4.47 Å². The monoisotopic (exact) mass is 394 g/mol. The number of benzene rings is 2. The highest BCUT2D eigenvalue weighted by molar-refractivity contribution is 9.10. The van der Waals surface area contributed by atoms with Crippen molar-refractivity contribution >= 4 is 34.4 Å². The highest BCUT2D eigenvalue weighted by atomic mass is 79.9. The van der Waals surface area contributed by atoms with Crippen molar-refractivity contribution < 1.29 is 8.78 Å². The van der Waals surface area contributed by atoms with E-state index in [9.17, 15) is 8.78 Å². The van der Waals surface area contributed by atoms with Gasteiger partial charge in [-0.1, -0.05) is 28.1 Å². The number of halogens is 3. The number of nitrogens with zero attached hydrogens (tertiary/aromatic N) is 3. The van der Waals surface area contributed by atoms with Gasteiger partial charge >= 0.3 is 0 Å². The minimum absolute atomic E-state index is 0.176. The van der Waals surface area contributed by atoms with Crippen LogP contribution in [0.3, 0.4) is 0 Å². The molecular formula is C15H9BrF2N4S. The van der Waals surface area contributed by atoms with Crippen LogP contribution in [0, 0.1) is 16.4 Å². The van der Waals surface area contributed by atoms with Crippen molar-refractivity contribution in [2.45, 2.75) is 0 Å². The van der Waals surface area contributed by atoms with Gasteiger partial charge in [0.1, 0.15) is 11.6 Å². The normalized spacial score (nSPS) is 11.3. The van der Waals surface area contributed by atoms with Crippen LogP contribution in [0.5, 0.6) is 0 Å². The summed E-state index contributed by atoms with van der Waals surface area (Å²) in [5.41, 5.74) is 0.508. The zero-order valence-electron chi connectivity index (χ0n) is 11.5. The fraction of sp³-hybridized carbons (Fsp3) is 0. The van der Waals surface area contributed by atoms with Crippen LogP contribution in [0.2, 0.25) is 0 Å². The number of hydrogen-bond acceptors (Lipinski definition) is 3. The quantitative estimate of drug-likeness (QED) is 0.523. The van der Waals surface area contributed by atoms with Crippen molar-refractivity contribution in [2.75, 3.05) is 0 Å². The molecule has 3 aromatic rings. The van der Waals surface area contributed by atoms with Gasteiger partial charge < -0.3 is 0 Å². The van der Waals surface area contributed by atoms with E-state index in [1.54, 1.807) is 30.3 Å². The van der Waals surface area contributed by atoms with E-state index in [1.165, 1.54) is 23.0 Å². The molecule has 116 valence electrons.